The molecule has 0 saturated heterocycles. The van der Waals surface area contributed by atoms with Crippen LogP contribution in [0.2, 0.25) is 0 Å². The van der Waals surface area contributed by atoms with Crippen LogP contribution in [0, 0.1) is 0 Å². The van der Waals surface area contributed by atoms with E-state index >= 15 is 0 Å². The molecule has 1 N–H and O–H groups in total. The lowest BCUT2D eigenvalue weighted by Crippen LogP contribution is -2.40. The van der Waals surface area contributed by atoms with Crippen LogP contribution in [0.4, 0.5) is 0 Å². The fourth-order valence-electron chi connectivity index (χ4n) is 14.6. The second-order valence-electron chi connectivity index (χ2n) is 28.8. The van der Waals surface area contributed by atoms with Gasteiger partial charge < -0.3 is 66.7 Å². The zero-order chi connectivity index (χ0) is 79.3. The fraction of sp³-hybridized carbons (Fsp3) is 0.167. The smallest absolute Gasteiger partial charge is 0.303 e. The van der Waals surface area contributed by atoms with Gasteiger partial charge in [-0.05, 0) is 79.9 Å². The van der Waals surface area contributed by atoms with Crippen LogP contribution in [0.15, 0.2) is 346 Å². The maximum Gasteiger partial charge on any atom is 0.303 e. The summed E-state index contributed by atoms with van der Waals surface area (Å²) in [6.45, 7) is 2.68. The van der Waals surface area contributed by atoms with Gasteiger partial charge in [0.15, 0.2) is 41.3 Å². The molecule has 14 aromatic carbocycles. The Kier molecular flexibility index (Phi) is 24.9. The Labute approximate surface area is 681 Å². The Bertz CT molecular complexity index is 5410. The van der Waals surface area contributed by atoms with Gasteiger partial charge >= 0.3 is 5.97 Å². The van der Waals surface area contributed by atoms with Crippen LogP contribution in [-0.2, 0) is 82.0 Å². The molecule has 0 spiro atoms. The molecule has 0 radical (unpaired) electrons. The monoisotopic (exact) mass is 1550 g/mol. The minimum absolute atomic E-state index is 0.0429. The molecule has 0 amide bonds. The van der Waals surface area contributed by atoms with Gasteiger partial charge in [0.1, 0.15) is 101 Å². The molecule has 0 bridgehead atoms. The summed E-state index contributed by atoms with van der Waals surface area (Å²) >= 11 is 0. The van der Waals surface area contributed by atoms with Crippen molar-refractivity contribution in [3.63, 3.8) is 0 Å². The van der Waals surface area contributed by atoms with Crippen LogP contribution in [0.3, 0.4) is 0 Å². The van der Waals surface area contributed by atoms with Gasteiger partial charge in [-0.1, -0.05) is 303 Å². The Hall–Kier alpha value is -13.9. The number of carbonyl (C=O) groups excluding carboxylic acids is 1. The number of aliphatic hydroxyl groups is 1. The fourth-order valence-corrected chi connectivity index (χ4v) is 14.6. The molecule has 16 rings (SSSR count). The van der Waals surface area contributed by atoms with E-state index < -0.39 is 36.3 Å². The van der Waals surface area contributed by atoms with Crippen LogP contribution >= 0.6 is 0 Å². The first-order valence-corrected chi connectivity index (χ1v) is 39.3. The molecule has 2 aliphatic heterocycles. The lowest BCUT2D eigenvalue weighted by molar-refractivity contribution is -0.154. The summed E-state index contributed by atoms with van der Waals surface area (Å²) in [6, 6.07) is 112. The van der Waals surface area contributed by atoms with Crippen molar-refractivity contribution in [2.24, 2.45) is 0 Å². The van der Waals surface area contributed by atoms with Crippen molar-refractivity contribution in [2.75, 3.05) is 0 Å². The lowest BCUT2D eigenvalue weighted by Gasteiger charge is -2.42. The van der Waals surface area contributed by atoms with E-state index in [1.54, 1.807) is 0 Å². The number of hydrogen-bond donors (Lipinski definition) is 1. The summed E-state index contributed by atoms with van der Waals surface area (Å²) in [7, 11) is 0. The quantitative estimate of drug-likeness (QED) is 0.0380. The third-order valence-corrected chi connectivity index (χ3v) is 20.3. The highest BCUT2D eigenvalue weighted by Gasteiger charge is 2.50. The number of rotatable bonds is 34. The van der Waals surface area contributed by atoms with E-state index in [0.717, 1.165) is 55.6 Å². The molecule has 15 nitrogen and oxygen atoms in total. The van der Waals surface area contributed by atoms with Crippen molar-refractivity contribution in [2.45, 2.75) is 110 Å². The largest absolute Gasteiger partial charge is 0.489 e. The molecule has 0 aliphatic carbocycles. The van der Waals surface area contributed by atoms with E-state index in [-0.39, 0.29) is 84.0 Å². The van der Waals surface area contributed by atoms with Gasteiger partial charge in [0, 0.05) is 59.4 Å². The molecule has 15 heteroatoms. The van der Waals surface area contributed by atoms with Crippen LogP contribution in [-0.4, -0.2) is 23.3 Å². The Morgan fingerprint density at radius 2 is 0.590 bits per heavy atom. The molecule has 0 saturated carbocycles. The van der Waals surface area contributed by atoms with Crippen LogP contribution in [0.5, 0.6) is 69.0 Å². The van der Waals surface area contributed by atoms with Crippen molar-refractivity contribution in [3.8, 4) is 69.0 Å². The maximum absolute atomic E-state index is 15.0. The number of carbonyl (C=O) groups is 1. The van der Waals surface area contributed by atoms with Crippen molar-refractivity contribution >= 4 is 5.97 Å². The topological polar surface area (TPSA) is 157 Å². The first-order chi connectivity index (χ1) is 57.7. The highest BCUT2D eigenvalue weighted by molar-refractivity contribution is 5.71. The van der Waals surface area contributed by atoms with Gasteiger partial charge in [0.05, 0.1) is 12.0 Å². The van der Waals surface area contributed by atoms with Crippen LogP contribution in [0.1, 0.15) is 109 Å². The van der Waals surface area contributed by atoms with Crippen molar-refractivity contribution in [1.29, 1.82) is 0 Å². The highest BCUT2D eigenvalue weighted by atomic mass is 16.6. The van der Waals surface area contributed by atoms with Crippen LogP contribution < -0.4 is 56.8 Å². The third-order valence-electron chi connectivity index (χ3n) is 20.3. The molecule has 5 atom stereocenters. The second kappa shape index (κ2) is 37.8. The molecule has 0 fully saturated rings. The third kappa shape index (κ3) is 19.7. The average molecular weight is 1550 g/mol. The van der Waals surface area contributed by atoms with Crippen LogP contribution in [0.25, 0.3) is 0 Å². The summed E-state index contributed by atoms with van der Waals surface area (Å²) < 4.78 is 93.2. The van der Waals surface area contributed by atoms with Gasteiger partial charge in [-0.15, -0.1) is 0 Å². The molecule has 0 unspecified atom stereocenters. The predicted molar refractivity (Wildman–Crippen MR) is 447 cm³/mol. The molecular formula is C102H88O15. The molecule has 2 heterocycles. The number of fused-ring (bicyclic) bond motifs is 2. The number of esters is 1. The zero-order valence-electron chi connectivity index (χ0n) is 64.7. The summed E-state index contributed by atoms with van der Waals surface area (Å²) in [5.41, 5.74) is 11.2. The first kappa shape index (κ1) is 77.1. The first-order valence-electron chi connectivity index (χ1n) is 39.3. The van der Waals surface area contributed by atoms with Crippen molar-refractivity contribution < 1.29 is 71.5 Å². The van der Waals surface area contributed by atoms with Crippen molar-refractivity contribution in [3.05, 3.63) is 429 Å². The van der Waals surface area contributed by atoms with Gasteiger partial charge in [-0.25, -0.2) is 0 Å². The summed E-state index contributed by atoms with van der Waals surface area (Å²) in [4.78, 5) is 15.0. The predicted octanol–water partition coefficient (Wildman–Crippen LogP) is 21.7. The minimum Gasteiger partial charge on any atom is -0.489 e. The average Bonchev–Trinajstić information content (AvgIpc) is 0.717. The van der Waals surface area contributed by atoms with Gasteiger partial charge in [-0.3, -0.25) is 4.79 Å². The Morgan fingerprint density at radius 1 is 0.308 bits per heavy atom. The lowest BCUT2D eigenvalue weighted by atomic mass is 9.77. The van der Waals surface area contributed by atoms with E-state index in [2.05, 4.69) is 0 Å². The van der Waals surface area contributed by atoms with E-state index in [4.69, 9.17) is 61.6 Å². The number of hydrogen-bond acceptors (Lipinski definition) is 15. The SMILES string of the molecule is CC(=O)O[C@@H]1[C@@H](c2c(OCc3ccccc3)cc(OCc3ccccc3)c3c2O[C@H](c2cc(OCc4ccccc4)c(OCc4ccccc4)c(OCc4ccccc4)c2)[C@@H](O)C3)c2c(OCc3ccccc3)cc(OCc3ccccc3)cc2O[C@@H]1c1cc(OCc2ccccc2)c(OCc2ccccc2)c(OCc2ccccc2)c1. The Morgan fingerprint density at radius 3 is 0.915 bits per heavy atom. The van der Waals surface area contributed by atoms with Gasteiger partial charge in [-0.2, -0.15) is 0 Å². The second-order valence-corrected chi connectivity index (χ2v) is 28.8. The summed E-state index contributed by atoms with van der Waals surface area (Å²) in [5, 5.41) is 13.5. The minimum atomic E-state index is -1.37. The Balaban J connectivity index is 0.943. The summed E-state index contributed by atoms with van der Waals surface area (Å²) in [6.07, 6.45) is -5.15. The molecule has 117 heavy (non-hydrogen) atoms. The number of benzene rings is 14. The van der Waals surface area contributed by atoms with E-state index in [1.165, 1.54) is 6.92 Å². The molecule has 586 valence electrons. The zero-order valence-corrected chi connectivity index (χ0v) is 64.7. The number of aliphatic hydroxyl groups excluding tert-OH is 1. The normalized spacial score (nSPS) is 15.1. The highest BCUT2D eigenvalue weighted by Crippen LogP contribution is 2.60. The standard InChI is InChI=1S/C102H88O15/c1-70(103)115-102-96(94-87(107-62-73-36-16-4-17-37-73)56-83(105-60-71-32-12-2-13-33-71)57-89(94)116-98(102)82-54-92(111-66-77-44-24-8-25-45-77)101(114-69-80-50-30-11-31-51-80)93(55-82)112-67-78-46-26-9-27-47-78)95-88(108-63-74-38-18-5-19-39-74)59-86(106-61-72-34-14-3-15-35-72)84-58-85(104)97(117-99(84)95)81-52-90(109-64-75-40-20-6-21-41-75)100(113-68-79-48-28-10-29-49-79)91(53-81)110-65-76-42-22-7-23-43-76/h2-57,59,85,96-98,102,104H,58,60-69H2,1H3/t85-,96+,97+,98+,102+/m0/s1. The van der Waals surface area contributed by atoms with Gasteiger partial charge in [0.25, 0.3) is 0 Å². The van der Waals surface area contributed by atoms with Gasteiger partial charge in [0.2, 0.25) is 11.5 Å². The maximum atomic E-state index is 15.0. The van der Waals surface area contributed by atoms with E-state index in [9.17, 15) is 9.90 Å². The van der Waals surface area contributed by atoms with Crippen molar-refractivity contribution in [1.82, 2.24) is 0 Å². The molecule has 0 aromatic heterocycles. The summed E-state index contributed by atoms with van der Waals surface area (Å²) in [5.74, 6) is 2.10. The van der Waals surface area contributed by atoms with E-state index in [0.29, 0.717) is 85.3 Å². The molecule has 2 aliphatic rings. The van der Waals surface area contributed by atoms with E-state index in [1.807, 2.05) is 346 Å². The molecule has 14 aromatic rings. The number of ether oxygens (including phenoxy) is 13. The molecular weight excluding hydrogens is 1470 g/mol.